The van der Waals surface area contributed by atoms with Crippen LogP contribution in [0.25, 0.3) is 0 Å². The summed E-state index contributed by atoms with van der Waals surface area (Å²) in [5.41, 5.74) is -0.418. The van der Waals surface area contributed by atoms with Gasteiger partial charge in [0.05, 0.1) is 18.6 Å². The van der Waals surface area contributed by atoms with Crippen molar-refractivity contribution >= 4 is 11.9 Å². The number of aliphatic carboxylic acids is 1. The molecule has 1 aromatic rings. The second-order valence-electron chi connectivity index (χ2n) is 6.71. The van der Waals surface area contributed by atoms with Crippen LogP contribution in [0.4, 0.5) is 0 Å². The lowest BCUT2D eigenvalue weighted by molar-refractivity contribution is -0.145. The highest BCUT2D eigenvalue weighted by Gasteiger charge is 2.42. The largest absolute Gasteiger partial charge is 0.493 e. The van der Waals surface area contributed by atoms with Gasteiger partial charge < -0.3 is 24.6 Å². The molecule has 3 rings (SSSR count). The summed E-state index contributed by atoms with van der Waals surface area (Å²) in [6.07, 6.45) is 2.96. The molecule has 7 nitrogen and oxygen atoms in total. The number of carbonyl (C=O) groups is 2. The zero-order valence-electron chi connectivity index (χ0n) is 14.5. The Hall–Kier alpha value is -2.44. The first kappa shape index (κ1) is 17.4. The molecule has 1 heterocycles. The van der Waals surface area contributed by atoms with Gasteiger partial charge in [-0.15, -0.1) is 0 Å². The number of carboxylic acid groups (broad SMARTS) is 1. The van der Waals surface area contributed by atoms with Crippen LogP contribution >= 0.6 is 0 Å². The van der Waals surface area contributed by atoms with Crippen LogP contribution in [-0.2, 0) is 4.79 Å². The van der Waals surface area contributed by atoms with Crippen molar-refractivity contribution in [3.8, 4) is 17.2 Å². The monoisotopic (exact) mass is 349 g/mol. The number of methoxy groups -OCH3 is 1. The molecule has 1 aromatic carbocycles. The van der Waals surface area contributed by atoms with E-state index in [2.05, 4.69) is 5.32 Å². The summed E-state index contributed by atoms with van der Waals surface area (Å²) in [5.74, 6) is -0.444. The summed E-state index contributed by atoms with van der Waals surface area (Å²) in [5, 5.41) is 12.4. The zero-order valence-corrected chi connectivity index (χ0v) is 14.5. The molecule has 2 aliphatic rings. The first-order valence-corrected chi connectivity index (χ1v) is 8.47. The van der Waals surface area contributed by atoms with Crippen LogP contribution in [0.2, 0.25) is 0 Å². The van der Waals surface area contributed by atoms with Gasteiger partial charge in [-0.2, -0.15) is 0 Å². The molecule has 0 radical (unpaired) electrons. The normalized spacial score (nSPS) is 25.1. The van der Waals surface area contributed by atoms with Crippen LogP contribution < -0.4 is 19.5 Å². The van der Waals surface area contributed by atoms with E-state index in [4.69, 9.17) is 14.2 Å². The first-order valence-electron chi connectivity index (χ1n) is 8.47. The summed E-state index contributed by atoms with van der Waals surface area (Å²) >= 11 is 0. The third-order valence-electron chi connectivity index (χ3n) is 5.00. The molecular formula is C18H23NO6. The number of hydrogen-bond acceptors (Lipinski definition) is 5. The molecule has 7 heteroatoms. The average Bonchev–Trinajstić information content (AvgIpc) is 2.60. The molecule has 1 saturated carbocycles. The Labute approximate surface area is 146 Å². The number of carbonyl (C=O) groups excluding carboxylic acids is 1. The molecular weight excluding hydrogens is 326 g/mol. The van der Waals surface area contributed by atoms with Gasteiger partial charge in [0.25, 0.3) is 5.91 Å². The van der Waals surface area contributed by atoms with E-state index in [-0.39, 0.29) is 5.91 Å². The Kier molecular flexibility index (Phi) is 4.74. The van der Waals surface area contributed by atoms with Crippen LogP contribution in [0.5, 0.6) is 17.2 Å². The number of rotatable bonds is 4. The molecule has 2 atom stereocenters. The molecule has 25 heavy (non-hydrogen) atoms. The zero-order chi connectivity index (χ0) is 18.0. The third-order valence-corrected chi connectivity index (χ3v) is 5.00. The van der Waals surface area contributed by atoms with Gasteiger partial charge in [0, 0.05) is 5.56 Å². The van der Waals surface area contributed by atoms with E-state index in [0.717, 1.165) is 12.8 Å². The molecule has 1 amide bonds. The molecule has 1 fully saturated rings. The average molecular weight is 349 g/mol. The minimum absolute atomic E-state index is 0.342. The van der Waals surface area contributed by atoms with Crippen molar-refractivity contribution in [1.82, 2.24) is 5.32 Å². The third kappa shape index (κ3) is 3.36. The van der Waals surface area contributed by atoms with Gasteiger partial charge >= 0.3 is 5.97 Å². The number of benzene rings is 1. The van der Waals surface area contributed by atoms with Crippen molar-refractivity contribution in [1.29, 1.82) is 0 Å². The van der Waals surface area contributed by atoms with Crippen molar-refractivity contribution in [2.75, 3.05) is 20.3 Å². The van der Waals surface area contributed by atoms with E-state index in [9.17, 15) is 14.7 Å². The maximum absolute atomic E-state index is 12.8. The Morgan fingerprint density at radius 1 is 1.28 bits per heavy atom. The van der Waals surface area contributed by atoms with Gasteiger partial charge in [0.2, 0.25) is 5.75 Å². The Balaban J connectivity index is 1.86. The highest BCUT2D eigenvalue weighted by Crippen LogP contribution is 2.41. The smallest absolute Gasteiger partial charge is 0.308 e. The molecule has 136 valence electrons. The number of amides is 1. The highest BCUT2D eigenvalue weighted by molar-refractivity contribution is 5.96. The fourth-order valence-corrected chi connectivity index (χ4v) is 3.61. The van der Waals surface area contributed by atoms with E-state index in [0.29, 0.717) is 48.9 Å². The predicted octanol–water partition coefficient (Wildman–Crippen LogP) is 2.23. The molecule has 0 saturated heterocycles. The molecule has 2 N–H and O–H groups in total. The van der Waals surface area contributed by atoms with Crippen LogP contribution in [0, 0.1) is 5.92 Å². The van der Waals surface area contributed by atoms with Gasteiger partial charge in [0.1, 0.15) is 13.2 Å². The lowest BCUT2D eigenvalue weighted by atomic mass is 9.73. The van der Waals surface area contributed by atoms with Gasteiger partial charge in [-0.05, 0) is 31.9 Å². The van der Waals surface area contributed by atoms with E-state index in [1.165, 1.54) is 7.11 Å². The number of nitrogens with one attached hydrogen (secondary N) is 1. The van der Waals surface area contributed by atoms with Crippen LogP contribution in [0.3, 0.4) is 0 Å². The quantitative estimate of drug-likeness (QED) is 0.866. The van der Waals surface area contributed by atoms with Gasteiger partial charge in [-0.25, -0.2) is 0 Å². The topological polar surface area (TPSA) is 94.1 Å². The SMILES string of the molecule is COc1cc(C(=O)NC2(C)CCCCC2C(=O)O)cc2c1OCCO2. The molecule has 2 unspecified atom stereocenters. The fraction of sp³-hybridized carbons (Fsp3) is 0.556. The summed E-state index contributed by atoms with van der Waals surface area (Å²) in [7, 11) is 1.50. The van der Waals surface area contributed by atoms with Crippen LogP contribution in [-0.4, -0.2) is 42.8 Å². The Morgan fingerprint density at radius 2 is 2.04 bits per heavy atom. The predicted molar refractivity (Wildman–Crippen MR) is 89.4 cm³/mol. The fourth-order valence-electron chi connectivity index (χ4n) is 3.61. The number of fused-ring (bicyclic) bond motifs is 1. The van der Waals surface area contributed by atoms with Crippen molar-refractivity contribution in [3.05, 3.63) is 17.7 Å². The van der Waals surface area contributed by atoms with Gasteiger partial charge in [0.15, 0.2) is 11.5 Å². The lowest BCUT2D eigenvalue weighted by Crippen LogP contribution is -2.55. The summed E-state index contributed by atoms with van der Waals surface area (Å²) in [6.45, 7) is 2.63. The number of ether oxygens (including phenoxy) is 3. The second kappa shape index (κ2) is 6.82. The summed E-state index contributed by atoms with van der Waals surface area (Å²) in [4.78, 5) is 24.4. The van der Waals surface area contributed by atoms with Crippen molar-refractivity contribution in [2.24, 2.45) is 5.92 Å². The molecule has 1 aliphatic carbocycles. The second-order valence-corrected chi connectivity index (χ2v) is 6.71. The molecule has 0 aromatic heterocycles. The van der Waals surface area contributed by atoms with E-state index < -0.39 is 17.4 Å². The van der Waals surface area contributed by atoms with Crippen molar-refractivity contribution < 1.29 is 28.9 Å². The standard InChI is InChI=1S/C18H23NO6/c1-18(6-4-3-5-12(18)17(21)22)19-16(20)11-9-13(23-2)15-14(10-11)24-7-8-25-15/h9-10,12H,3-8H2,1-2H3,(H,19,20)(H,21,22). The van der Waals surface area contributed by atoms with E-state index in [1.807, 2.05) is 0 Å². The first-order chi connectivity index (χ1) is 11.9. The van der Waals surface area contributed by atoms with Gasteiger partial charge in [-0.1, -0.05) is 12.8 Å². The lowest BCUT2D eigenvalue weighted by Gasteiger charge is -2.39. The Bertz CT molecular complexity index is 671. The van der Waals surface area contributed by atoms with Crippen molar-refractivity contribution in [3.63, 3.8) is 0 Å². The minimum atomic E-state index is -0.873. The van der Waals surface area contributed by atoms with Gasteiger partial charge in [-0.3, -0.25) is 9.59 Å². The van der Waals surface area contributed by atoms with Crippen molar-refractivity contribution in [2.45, 2.75) is 38.1 Å². The Morgan fingerprint density at radius 3 is 2.76 bits per heavy atom. The number of carboxylic acids is 1. The summed E-state index contributed by atoms with van der Waals surface area (Å²) in [6, 6.07) is 3.19. The van der Waals surface area contributed by atoms with Crippen LogP contribution in [0.15, 0.2) is 12.1 Å². The van der Waals surface area contributed by atoms with E-state index in [1.54, 1.807) is 19.1 Å². The molecule has 0 spiro atoms. The maximum atomic E-state index is 12.8. The van der Waals surface area contributed by atoms with Crippen LogP contribution in [0.1, 0.15) is 43.0 Å². The maximum Gasteiger partial charge on any atom is 0.308 e. The highest BCUT2D eigenvalue weighted by atomic mass is 16.6. The minimum Gasteiger partial charge on any atom is -0.493 e. The molecule has 0 bridgehead atoms. The number of hydrogen-bond donors (Lipinski definition) is 2. The van der Waals surface area contributed by atoms with E-state index >= 15 is 0 Å². The summed E-state index contributed by atoms with van der Waals surface area (Å²) < 4.78 is 16.4. The molecule has 1 aliphatic heterocycles.